The van der Waals surface area contributed by atoms with E-state index in [0.29, 0.717) is 37.6 Å². The summed E-state index contributed by atoms with van der Waals surface area (Å²) in [5.41, 5.74) is -1.17. The number of ether oxygens (including phenoxy) is 5. The van der Waals surface area contributed by atoms with Crippen LogP contribution in [-0.4, -0.2) is 94.7 Å². The summed E-state index contributed by atoms with van der Waals surface area (Å²) in [6.45, 7) is 2.40. The number of carbonyl (C=O) groups excluding carboxylic acids is 1. The fourth-order valence-electron chi connectivity index (χ4n) is 5.29. The van der Waals surface area contributed by atoms with Crippen LogP contribution >= 0.6 is 0 Å². The molecular formula is C30H41FN2O9S. The van der Waals surface area contributed by atoms with E-state index in [1.54, 1.807) is 31.4 Å². The number of aliphatic hydroxyl groups is 1. The van der Waals surface area contributed by atoms with Crippen LogP contribution in [0.3, 0.4) is 0 Å². The van der Waals surface area contributed by atoms with E-state index in [9.17, 15) is 22.7 Å². The van der Waals surface area contributed by atoms with Gasteiger partial charge >= 0.3 is 6.09 Å². The highest BCUT2D eigenvalue weighted by atomic mass is 32.2. The molecule has 2 aromatic carbocycles. The molecule has 2 saturated heterocycles. The molecular weight excluding hydrogens is 583 g/mol. The topological polar surface area (TPSA) is 133 Å². The van der Waals surface area contributed by atoms with E-state index in [-0.39, 0.29) is 17.2 Å². The molecule has 1 amide bonds. The van der Waals surface area contributed by atoms with Crippen LogP contribution in [0.5, 0.6) is 11.5 Å². The lowest BCUT2D eigenvalue weighted by Crippen LogP contribution is -2.53. The fourth-order valence-corrected chi connectivity index (χ4v) is 6.90. The number of hydrogen-bond donors (Lipinski definition) is 2. The van der Waals surface area contributed by atoms with Gasteiger partial charge in [-0.2, -0.15) is 4.31 Å². The normalized spacial score (nSPS) is 22.0. The Morgan fingerprint density at radius 1 is 1.05 bits per heavy atom. The maximum absolute atomic E-state index is 14.9. The van der Waals surface area contributed by atoms with Gasteiger partial charge in [-0.1, -0.05) is 12.1 Å². The molecule has 0 aromatic heterocycles. The summed E-state index contributed by atoms with van der Waals surface area (Å²) in [4.78, 5) is 13.1. The second-order valence-electron chi connectivity index (χ2n) is 11.4. The molecule has 43 heavy (non-hydrogen) atoms. The highest BCUT2D eigenvalue weighted by Crippen LogP contribution is 2.32. The lowest BCUT2D eigenvalue weighted by atomic mass is 9.95. The monoisotopic (exact) mass is 624 g/mol. The number of benzene rings is 2. The van der Waals surface area contributed by atoms with Gasteiger partial charge in [0.15, 0.2) is 6.29 Å². The van der Waals surface area contributed by atoms with E-state index in [2.05, 4.69) is 5.32 Å². The SMILES string of the molecule is COc1ccc(C[C@H](NC(=O)O[C@H]2CCO[C@H]3OCC[C@H]32)[C@H](O)CN(CC(C)(C)F)S(=O)(=O)c2ccc(OC)cc2)cc1. The number of alkyl halides is 1. The van der Waals surface area contributed by atoms with Gasteiger partial charge in [0, 0.05) is 25.4 Å². The van der Waals surface area contributed by atoms with E-state index in [1.165, 1.54) is 45.2 Å². The van der Waals surface area contributed by atoms with Gasteiger partial charge in [0.1, 0.15) is 23.3 Å². The molecule has 0 aliphatic carbocycles. The Kier molecular flexibility index (Phi) is 10.9. The molecule has 2 fully saturated rings. The van der Waals surface area contributed by atoms with Crippen molar-refractivity contribution in [2.24, 2.45) is 5.92 Å². The Labute approximate surface area is 252 Å². The van der Waals surface area contributed by atoms with Crippen LogP contribution in [0.25, 0.3) is 0 Å². The molecule has 2 heterocycles. The van der Waals surface area contributed by atoms with Gasteiger partial charge in [0.2, 0.25) is 10.0 Å². The highest BCUT2D eigenvalue weighted by Gasteiger charge is 2.41. The quantitative estimate of drug-likeness (QED) is 0.345. The van der Waals surface area contributed by atoms with Crippen molar-refractivity contribution < 1.29 is 46.4 Å². The molecule has 4 rings (SSSR count). The van der Waals surface area contributed by atoms with Gasteiger partial charge in [0.05, 0.1) is 44.5 Å². The molecule has 2 aliphatic heterocycles. The van der Waals surface area contributed by atoms with Crippen molar-refractivity contribution in [1.82, 2.24) is 9.62 Å². The third-order valence-electron chi connectivity index (χ3n) is 7.53. The average molecular weight is 625 g/mol. The molecule has 0 radical (unpaired) electrons. The number of sulfonamides is 1. The molecule has 5 atom stereocenters. The van der Waals surface area contributed by atoms with E-state index in [4.69, 9.17) is 23.7 Å². The zero-order valence-electron chi connectivity index (χ0n) is 24.9. The van der Waals surface area contributed by atoms with Crippen LogP contribution in [0.15, 0.2) is 53.4 Å². The van der Waals surface area contributed by atoms with Crippen LogP contribution in [0.2, 0.25) is 0 Å². The van der Waals surface area contributed by atoms with Crippen molar-refractivity contribution in [3.8, 4) is 11.5 Å². The molecule has 238 valence electrons. The van der Waals surface area contributed by atoms with Crippen LogP contribution in [0.4, 0.5) is 9.18 Å². The smallest absolute Gasteiger partial charge is 0.407 e. The third-order valence-corrected chi connectivity index (χ3v) is 9.35. The summed E-state index contributed by atoms with van der Waals surface area (Å²) in [6.07, 6.45) is -1.71. The summed E-state index contributed by atoms with van der Waals surface area (Å²) < 4.78 is 70.4. The molecule has 2 aromatic rings. The Morgan fingerprint density at radius 2 is 1.63 bits per heavy atom. The number of carbonyl (C=O) groups is 1. The standard InChI is InChI=1S/C30H41FN2O9S/c1-30(2,31)19-33(43(36,37)23-11-9-22(39-4)10-12-23)18-26(34)25(17-20-5-7-21(38-3)8-6-20)32-29(35)42-27-14-16-41-28-24(27)13-15-40-28/h5-12,24-28,34H,13-19H2,1-4H3,(H,32,35)/t24-,25-,26+,27-,28+/m0/s1. The zero-order chi connectivity index (χ0) is 31.2. The van der Waals surface area contributed by atoms with E-state index in [1.807, 2.05) is 0 Å². The van der Waals surface area contributed by atoms with Gasteiger partial charge in [-0.25, -0.2) is 17.6 Å². The largest absolute Gasteiger partial charge is 0.497 e. The predicted molar refractivity (Wildman–Crippen MR) is 155 cm³/mol. The summed E-state index contributed by atoms with van der Waals surface area (Å²) in [5.74, 6) is 0.989. The first-order valence-corrected chi connectivity index (χ1v) is 15.7. The summed E-state index contributed by atoms with van der Waals surface area (Å²) >= 11 is 0. The first-order chi connectivity index (χ1) is 20.4. The second kappa shape index (κ2) is 14.2. The minimum atomic E-state index is -4.24. The Morgan fingerprint density at radius 3 is 2.21 bits per heavy atom. The number of nitrogens with one attached hydrogen (secondary N) is 1. The maximum Gasteiger partial charge on any atom is 0.407 e. The molecule has 11 nitrogen and oxygen atoms in total. The predicted octanol–water partition coefficient (Wildman–Crippen LogP) is 3.29. The van der Waals surface area contributed by atoms with Crippen molar-refractivity contribution in [2.45, 2.75) is 68.2 Å². The van der Waals surface area contributed by atoms with Crippen molar-refractivity contribution in [3.05, 3.63) is 54.1 Å². The van der Waals surface area contributed by atoms with Gasteiger partial charge in [-0.05, 0) is 68.7 Å². The lowest BCUT2D eigenvalue weighted by Gasteiger charge is -2.34. The number of alkyl carbamates (subject to hydrolysis) is 1. The number of halogens is 1. The Balaban J connectivity index is 1.55. The molecule has 0 unspecified atom stereocenters. The molecule has 0 saturated carbocycles. The number of amides is 1. The van der Waals surface area contributed by atoms with Gasteiger partial charge in [-0.15, -0.1) is 0 Å². The summed E-state index contributed by atoms with van der Waals surface area (Å²) in [6, 6.07) is 11.8. The number of hydrogen-bond acceptors (Lipinski definition) is 9. The highest BCUT2D eigenvalue weighted by molar-refractivity contribution is 7.89. The molecule has 0 bridgehead atoms. The van der Waals surface area contributed by atoms with Crippen LogP contribution in [-0.2, 0) is 30.7 Å². The second-order valence-corrected chi connectivity index (χ2v) is 13.3. The van der Waals surface area contributed by atoms with E-state index in [0.717, 1.165) is 9.87 Å². The first kappa shape index (κ1) is 32.9. The Bertz CT molecular complexity index is 1300. The van der Waals surface area contributed by atoms with Gasteiger partial charge in [-0.3, -0.25) is 0 Å². The van der Waals surface area contributed by atoms with Crippen LogP contribution < -0.4 is 14.8 Å². The van der Waals surface area contributed by atoms with E-state index < -0.39 is 59.4 Å². The van der Waals surface area contributed by atoms with E-state index >= 15 is 0 Å². The molecule has 2 N–H and O–H groups in total. The number of aliphatic hydroxyl groups excluding tert-OH is 1. The average Bonchev–Trinajstić information content (AvgIpc) is 3.46. The van der Waals surface area contributed by atoms with Crippen molar-refractivity contribution in [3.63, 3.8) is 0 Å². The van der Waals surface area contributed by atoms with Crippen molar-refractivity contribution >= 4 is 16.1 Å². The van der Waals surface area contributed by atoms with Crippen molar-refractivity contribution in [1.29, 1.82) is 0 Å². The molecule has 13 heteroatoms. The molecule has 0 spiro atoms. The van der Waals surface area contributed by atoms with Crippen LogP contribution in [0, 0.1) is 5.92 Å². The van der Waals surface area contributed by atoms with Crippen LogP contribution in [0.1, 0.15) is 32.3 Å². The minimum Gasteiger partial charge on any atom is -0.497 e. The number of rotatable bonds is 13. The Hall–Kier alpha value is -2.97. The number of fused-ring (bicyclic) bond motifs is 1. The third kappa shape index (κ3) is 8.79. The maximum atomic E-state index is 14.9. The van der Waals surface area contributed by atoms with Gasteiger partial charge in [0.25, 0.3) is 0 Å². The van der Waals surface area contributed by atoms with Gasteiger partial charge < -0.3 is 34.1 Å². The zero-order valence-corrected chi connectivity index (χ0v) is 25.7. The van der Waals surface area contributed by atoms with Crippen molar-refractivity contribution in [2.75, 3.05) is 40.5 Å². The number of nitrogens with zero attached hydrogens (tertiary/aromatic N) is 1. The fraction of sp³-hybridized carbons (Fsp3) is 0.567. The molecule has 2 aliphatic rings. The lowest BCUT2D eigenvalue weighted by molar-refractivity contribution is -0.179. The minimum absolute atomic E-state index is 0.0864. The first-order valence-electron chi connectivity index (χ1n) is 14.2. The summed E-state index contributed by atoms with van der Waals surface area (Å²) in [5, 5.41) is 14.2. The number of methoxy groups -OCH3 is 2. The summed E-state index contributed by atoms with van der Waals surface area (Å²) in [7, 11) is -1.24.